The van der Waals surface area contributed by atoms with Crippen LogP contribution in [0.2, 0.25) is 10.2 Å². The van der Waals surface area contributed by atoms with Crippen LogP contribution < -0.4 is 5.32 Å². The van der Waals surface area contributed by atoms with E-state index < -0.39 is 22.3 Å². The van der Waals surface area contributed by atoms with Gasteiger partial charge in [-0.25, -0.2) is 9.37 Å². The van der Waals surface area contributed by atoms with E-state index in [1.807, 2.05) is 0 Å². The zero-order chi connectivity index (χ0) is 15.6. The molecule has 1 aromatic heterocycles. The average Bonchev–Trinajstić information content (AvgIpc) is 2.40. The highest BCUT2D eigenvalue weighted by molar-refractivity contribution is 6.35. The number of nitro groups is 1. The van der Waals surface area contributed by atoms with Gasteiger partial charge in [-0.05, 0) is 12.1 Å². The number of aromatic nitrogens is 1. The molecule has 0 unspecified atom stereocenters. The van der Waals surface area contributed by atoms with Crippen molar-refractivity contribution in [1.82, 2.24) is 4.98 Å². The van der Waals surface area contributed by atoms with Gasteiger partial charge in [-0.3, -0.25) is 14.9 Å². The second-order valence-corrected chi connectivity index (χ2v) is 4.69. The van der Waals surface area contributed by atoms with E-state index >= 15 is 0 Å². The summed E-state index contributed by atoms with van der Waals surface area (Å²) in [6, 6.07) is 3.94. The van der Waals surface area contributed by atoms with E-state index in [1.54, 1.807) is 0 Å². The van der Waals surface area contributed by atoms with Crippen LogP contribution in [0.1, 0.15) is 10.4 Å². The molecule has 0 radical (unpaired) electrons. The number of hydrogen-bond acceptors (Lipinski definition) is 4. The van der Waals surface area contributed by atoms with Gasteiger partial charge in [0, 0.05) is 12.3 Å². The average molecular weight is 330 g/mol. The molecule has 0 saturated carbocycles. The predicted molar refractivity (Wildman–Crippen MR) is 75.3 cm³/mol. The lowest BCUT2D eigenvalue weighted by Gasteiger charge is -2.07. The first-order valence-corrected chi connectivity index (χ1v) is 6.20. The predicted octanol–water partition coefficient (Wildman–Crippen LogP) is 3.69. The van der Waals surface area contributed by atoms with Crippen LogP contribution in [0.15, 0.2) is 30.5 Å². The van der Waals surface area contributed by atoms with E-state index in [0.717, 1.165) is 18.2 Å². The van der Waals surface area contributed by atoms with Gasteiger partial charge in [0.15, 0.2) is 0 Å². The zero-order valence-corrected chi connectivity index (χ0v) is 11.7. The van der Waals surface area contributed by atoms with Crippen molar-refractivity contribution in [3.63, 3.8) is 0 Å². The summed E-state index contributed by atoms with van der Waals surface area (Å²) in [4.78, 5) is 25.6. The Morgan fingerprint density at radius 3 is 2.67 bits per heavy atom. The van der Waals surface area contributed by atoms with Crippen LogP contribution >= 0.6 is 23.2 Å². The lowest BCUT2D eigenvalue weighted by Crippen LogP contribution is -2.13. The van der Waals surface area contributed by atoms with Gasteiger partial charge in [0.2, 0.25) is 0 Å². The van der Waals surface area contributed by atoms with E-state index in [4.69, 9.17) is 23.2 Å². The SMILES string of the molecule is O=C(Nc1cc(F)cc([N+](=O)[O-])c1)c1cc(Cl)ncc1Cl. The molecule has 1 heterocycles. The van der Waals surface area contributed by atoms with Gasteiger partial charge in [0.05, 0.1) is 27.3 Å². The van der Waals surface area contributed by atoms with Gasteiger partial charge in [-0.15, -0.1) is 0 Å². The van der Waals surface area contributed by atoms with Crippen LogP contribution in [-0.4, -0.2) is 15.8 Å². The number of anilines is 1. The van der Waals surface area contributed by atoms with Crippen molar-refractivity contribution < 1.29 is 14.1 Å². The Labute approximate surface area is 127 Å². The van der Waals surface area contributed by atoms with Crippen LogP contribution in [0.25, 0.3) is 0 Å². The summed E-state index contributed by atoms with van der Waals surface area (Å²) in [5.74, 6) is -1.54. The number of nitro benzene ring substituents is 1. The topological polar surface area (TPSA) is 85.1 Å². The third-order valence-corrected chi connectivity index (χ3v) is 2.93. The number of benzene rings is 1. The number of pyridine rings is 1. The maximum absolute atomic E-state index is 13.3. The quantitative estimate of drug-likeness (QED) is 0.528. The Kier molecular flexibility index (Phi) is 4.35. The smallest absolute Gasteiger partial charge is 0.274 e. The van der Waals surface area contributed by atoms with Crippen LogP contribution in [0.5, 0.6) is 0 Å². The number of halogens is 3. The standard InChI is InChI=1S/C12H6Cl2FN3O3/c13-10-5-16-11(14)4-9(10)12(19)17-7-1-6(15)2-8(3-7)18(20)21/h1-5H,(H,17,19). The molecule has 0 spiro atoms. The Morgan fingerprint density at radius 1 is 1.29 bits per heavy atom. The molecule has 9 heteroatoms. The van der Waals surface area contributed by atoms with E-state index in [9.17, 15) is 19.3 Å². The lowest BCUT2D eigenvalue weighted by molar-refractivity contribution is -0.385. The van der Waals surface area contributed by atoms with Crippen molar-refractivity contribution in [3.05, 3.63) is 62.1 Å². The van der Waals surface area contributed by atoms with Gasteiger partial charge in [0.1, 0.15) is 11.0 Å². The third-order valence-electron chi connectivity index (χ3n) is 2.42. The van der Waals surface area contributed by atoms with Crippen LogP contribution in [0.3, 0.4) is 0 Å². The first kappa shape index (κ1) is 15.1. The van der Waals surface area contributed by atoms with E-state index in [2.05, 4.69) is 10.3 Å². The van der Waals surface area contributed by atoms with Crippen molar-refractivity contribution in [2.24, 2.45) is 0 Å². The summed E-state index contributed by atoms with van der Waals surface area (Å²) in [6.45, 7) is 0. The van der Waals surface area contributed by atoms with Gasteiger partial charge >= 0.3 is 0 Å². The number of nitrogens with one attached hydrogen (secondary N) is 1. The molecule has 1 N–H and O–H groups in total. The largest absolute Gasteiger partial charge is 0.322 e. The second kappa shape index (κ2) is 6.02. The highest BCUT2D eigenvalue weighted by atomic mass is 35.5. The monoisotopic (exact) mass is 329 g/mol. The lowest BCUT2D eigenvalue weighted by atomic mass is 10.2. The summed E-state index contributed by atoms with van der Waals surface area (Å²) in [5.41, 5.74) is -0.538. The van der Waals surface area contributed by atoms with Crippen LogP contribution in [0, 0.1) is 15.9 Å². The summed E-state index contributed by atoms with van der Waals surface area (Å²) in [5, 5.41) is 13.0. The molecule has 0 aliphatic heterocycles. The maximum atomic E-state index is 13.3. The molecule has 0 aliphatic carbocycles. The minimum absolute atomic E-state index is 0.0172. The van der Waals surface area contributed by atoms with Crippen LogP contribution in [-0.2, 0) is 0 Å². The van der Waals surface area contributed by atoms with Crippen molar-refractivity contribution in [1.29, 1.82) is 0 Å². The number of carbonyl (C=O) groups is 1. The maximum Gasteiger partial charge on any atom is 0.274 e. The molecule has 2 rings (SSSR count). The molecular formula is C12H6Cl2FN3O3. The third kappa shape index (κ3) is 3.65. The van der Waals surface area contributed by atoms with Gasteiger partial charge in [0.25, 0.3) is 11.6 Å². The molecule has 1 aromatic carbocycles. The number of non-ortho nitro benzene ring substituents is 1. The first-order valence-electron chi connectivity index (χ1n) is 5.44. The molecule has 0 atom stereocenters. The minimum Gasteiger partial charge on any atom is -0.322 e. The fourth-order valence-corrected chi connectivity index (χ4v) is 1.88. The van der Waals surface area contributed by atoms with Crippen molar-refractivity contribution >= 4 is 40.5 Å². The van der Waals surface area contributed by atoms with E-state index in [1.165, 1.54) is 12.3 Å². The summed E-state index contributed by atoms with van der Waals surface area (Å²) >= 11 is 11.5. The molecule has 1 amide bonds. The zero-order valence-electron chi connectivity index (χ0n) is 10.1. The van der Waals surface area contributed by atoms with E-state index in [-0.39, 0.29) is 21.4 Å². The molecule has 0 fully saturated rings. The van der Waals surface area contributed by atoms with Crippen molar-refractivity contribution in [2.75, 3.05) is 5.32 Å². The highest BCUT2D eigenvalue weighted by Crippen LogP contribution is 2.23. The molecule has 21 heavy (non-hydrogen) atoms. The molecule has 0 bridgehead atoms. The molecular weight excluding hydrogens is 324 g/mol. The van der Waals surface area contributed by atoms with Crippen LogP contribution in [0.4, 0.5) is 15.8 Å². The summed E-state index contributed by atoms with van der Waals surface area (Å²) in [6.07, 6.45) is 1.19. The second-order valence-electron chi connectivity index (χ2n) is 3.90. The highest BCUT2D eigenvalue weighted by Gasteiger charge is 2.15. The number of amides is 1. The number of rotatable bonds is 3. The summed E-state index contributed by atoms with van der Waals surface area (Å²) < 4.78 is 13.3. The number of carbonyl (C=O) groups excluding carboxylic acids is 1. The van der Waals surface area contributed by atoms with Crippen molar-refractivity contribution in [3.8, 4) is 0 Å². The van der Waals surface area contributed by atoms with E-state index in [0.29, 0.717) is 0 Å². The fourth-order valence-electron chi connectivity index (χ4n) is 1.54. The fraction of sp³-hybridized carbons (Fsp3) is 0. The normalized spacial score (nSPS) is 10.2. The molecule has 108 valence electrons. The molecule has 2 aromatic rings. The Morgan fingerprint density at radius 2 is 2.00 bits per heavy atom. The van der Waals surface area contributed by atoms with Gasteiger partial charge < -0.3 is 5.32 Å². The molecule has 0 saturated heterocycles. The Balaban J connectivity index is 2.31. The Bertz CT molecular complexity index is 740. The first-order chi connectivity index (χ1) is 9.86. The van der Waals surface area contributed by atoms with Crippen molar-refractivity contribution in [2.45, 2.75) is 0 Å². The molecule has 6 nitrogen and oxygen atoms in total. The van der Waals surface area contributed by atoms with Gasteiger partial charge in [-0.1, -0.05) is 23.2 Å². The number of nitrogens with zero attached hydrogens (tertiary/aromatic N) is 2. The van der Waals surface area contributed by atoms with Gasteiger partial charge in [-0.2, -0.15) is 0 Å². The number of hydrogen-bond donors (Lipinski definition) is 1. The Hall–Kier alpha value is -2.25. The summed E-state index contributed by atoms with van der Waals surface area (Å²) in [7, 11) is 0. The molecule has 0 aliphatic rings. The minimum atomic E-state index is -0.849.